The van der Waals surface area contributed by atoms with Gasteiger partial charge in [-0.05, 0) is 19.6 Å². The lowest BCUT2D eigenvalue weighted by Gasteiger charge is -2.20. The number of hydrogen-bond acceptors (Lipinski definition) is 4. The average Bonchev–Trinajstić information content (AvgIpc) is 1.43. The number of hydrogen-bond donors (Lipinski definition) is 3. The molecule has 0 saturated carbocycles. The predicted molar refractivity (Wildman–Crippen MR) is 47.4 cm³/mol. The molecule has 13 heavy (non-hydrogen) atoms. The molecule has 0 aromatic carbocycles. The molecule has 7 nitrogen and oxygen atoms in total. The first-order valence-corrected chi connectivity index (χ1v) is 9.65. The Morgan fingerprint density at radius 3 is 1.69 bits per heavy atom. The summed E-state index contributed by atoms with van der Waals surface area (Å²) >= 11 is 0. The summed E-state index contributed by atoms with van der Waals surface area (Å²) < 4.78 is 29.2. The second-order valence-corrected chi connectivity index (χ2v) is 10.8. The Labute approximate surface area is 76.7 Å². The van der Waals surface area contributed by atoms with Gasteiger partial charge < -0.3 is 18.9 Å². The van der Waals surface area contributed by atoms with Crippen LogP contribution in [0.2, 0.25) is 19.6 Å². The fourth-order valence-electron chi connectivity index (χ4n) is 0.497. The zero-order valence-corrected chi connectivity index (χ0v) is 10.2. The molecular weight excluding hydrogens is 238 g/mol. The molecule has 0 spiro atoms. The molecule has 0 rings (SSSR count). The minimum absolute atomic E-state index is 1.58. The van der Waals surface area contributed by atoms with Crippen LogP contribution >= 0.6 is 15.6 Å². The molecule has 0 amide bonds. The van der Waals surface area contributed by atoms with Gasteiger partial charge in [0, 0.05) is 0 Å². The van der Waals surface area contributed by atoms with Gasteiger partial charge in [0.2, 0.25) is 0 Å². The standard InChI is InChI=1S/C3H12O7P2Si/c1-13(2,3)10-12(7,8)9-11(4,5)6/h1-3H3,(H,7,8)(H2,4,5,6). The smallest absolute Gasteiger partial charge is 0.330 e. The minimum atomic E-state index is -4.99. The Morgan fingerprint density at radius 2 is 1.46 bits per heavy atom. The third kappa shape index (κ3) is 8.80. The van der Waals surface area contributed by atoms with Crippen molar-refractivity contribution in [2.75, 3.05) is 0 Å². The summed E-state index contributed by atoms with van der Waals surface area (Å²) in [7, 11) is -12.0. The normalized spacial score (nSPS) is 18.3. The summed E-state index contributed by atoms with van der Waals surface area (Å²) in [6, 6.07) is 0. The van der Waals surface area contributed by atoms with Crippen molar-refractivity contribution in [2.45, 2.75) is 19.6 Å². The highest BCUT2D eigenvalue weighted by atomic mass is 31.3. The molecule has 10 heteroatoms. The predicted octanol–water partition coefficient (Wildman–Crippen LogP) is 1.05. The van der Waals surface area contributed by atoms with E-state index in [9.17, 15) is 9.13 Å². The van der Waals surface area contributed by atoms with Gasteiger partial charge in [-0.2, -0.15) is 4.31 Å². The Hall–Kier alpha value is 0.477. The van der Waals surface area contributed by atoms with Crippen molar-refractivity contribution >= 4 is 24.0 Å². The topological polar surface area (TPSA) is 113 Å². The van der Waals surface area contributed by atoms with E-state index in [1.54, 1.807) is 19.6 Å². The first-order valence-electron chi connectivity index (χ1n) is 3.22. The molecule has 3 N–H and O–H groups in total. The minimum Gasteiger partial charge on any atom is -0.330 e. The van der Waals surface area contributed by atoms with E-state index in [2.05, 4.69) is 8.52 Å². The molecule has 0 aliphatic rings. The lowest BCUT2D eigenvalue weighted by atomic mass is 11.8. The Balaban J connectivity index is 4.44. The molecule has 0 heterocycles. The van der Waals surface area contributed by atoms with E-state index < -0.39 is 24.0 Å². The van der Waals surface area contributed by atoms with E-state index in [4.69, 9.17) is 14.7 Å². The summed E-state index contributed by atoms with van der Waals surface area (Å²) in [5, 5.41) is 0. The first-order chi connectivity index (χ1) is 5.41. The monoisotopic (exact) mass is 250 g/mol. The zero-order valence-electron chi connectivity index (χ0n) is 7.37. The lowest BCUT2D eigenvalue weighted by molar-refractivity contribution is 0.228. The number of rotatable bonds is 4. The van der Waals surface area contributed by atoms with Gasteiger partial charge in [0.1, 0.15) is 0 Å². The van der Waals surface area contributed by atoms with E-state index >= 15 is 0 Å². The molecule has 0 bridgehead atoms. The summed E-state index contributed by atoms with van der Waals surface area (Å²) in [5.74, 6) is 0. The fraction of sp³-hybridized carbons (Fsp3) is 1.00. The highest BCUT2D eigenvalue weighted by molar-refractivity contribution is 7.61. The second-order valence-electron chi connectivity index (χ2n) is 3.24. The van der Waals surface area contributed by atoms with Gasteiger partial charge in [0.15, 0.2) is 8.32 Å². The molecule has 0 aliphatic carbocycles. The summed E-state index contributed by atoms with van der Waals surface area (Å²) in [6.07, 6.45) is 0. The summed E-state index contributed by atoms with van der Waals surface area (Å²) in [5.41, 5.74) is 0. The molecule has 0 aromatic rings. The third-order valence-corrected chi connectivity index (χ3v) is 5.39. The molecule has 1 atom stereocenters. The summed E-state index contributed by atoms with van der Waals surface area (Å²) in [6.45, 7) is 4.75. The quantitative estimate of drug-likeness (QED) is 0.504. The molecule has 80 valence electrons. The van der Waals surface area contributed by atoms with E-state index in [1.807, 2.05) is 0 Å². The van der Waals surface area contributed by atoms with E-state index in [0.717, 1.165) is 0 Å². The maximum absolute atomic E-state index is 10.9. The van der Waals surface area contributed by atoms with Crippen LogP contribution in [-0.4, -0.2) is 23.0 Å². The highest BCUT2D eigenvalue weighted by Gasteiger charge is 2.36. The van der Waals surface area contributed by atoms with Crippen LogP contribution in [-0.2, 0) is 17.7 Å². The first kappa shape index (κ1) is 13.5. The molecular formula is C3H12O7P2Si. The van der Waals surface area contributed by atoms with Crippen molar-refractivity contribution in [3.63, 3.8) is 0 Å². The van der Waals surface area contributed by atoms with E-state index in [0.29, 0.717) is 0 Å². The van der Waals surface area contributed by atoms with Gasteiger partial charge >= 0.3 is 15.6 Å². The number of phosphoric acid groups is 2. The second kappa shape index (κ2) is 3.92. The van der Waals surface area contributed by atoms with Crippen molar-refractivity contribution in [2.24, 2.45) is 0 Å². The van der Waals surface area contributed by atoms with Crippen molar-refractivity contribution in [1.82, 2.24) is 0 Å². The van der Waals surface area contributed by atoms with Gasteiger partial charge in [-0.15, -0.1) is 0 Å². The Kier molecular flexibility index (Phi) is 4.06. The van der Waals surface area contributed by atoms with Crippen molar-refractivity contribution in [3.8, 4) is 0 Å². The van der Waals surface area contributed by atoms with Crippen molar-refractivity contribution in [1.29, 1.82) is 0 Å². The van der Waals surface area contributed by atoms with Crippen LogP contribution < -0.4 is 0 Å². The lowest BCUT2D eigenvalue weighted by Crippen LogP contribution is -2.23. The molecule has 0 fully saturated rings. The summed E-state index contributed by atoms with van der Waals surface area (Å²) in [4.78, 5) is 25.3. The Morgan fingerprint density at radius 1 is 1.08 bits per heavy atom. The van der Waals surface area contributed by atoms with Gasteiger partial charge in [-0.25, -0.2) is 9.13 Å². The van der Waals surface area contributed by atoms with Gasteiger partial charge in [-0.3, -0.25) is 0 Å². The van der Waals surface area contributed by atoms with Crippen LogP contribution in [0.25, 0.3) is 0 Å². The van der Waals surface area contributed by atoms with Crippen molar-refractivity contribution < 1.29 is 32.3 Å². The SMILES string of the molecule is C[Si](C)(C)OP(=O)(O)OP(=O)(O)O. The molecule has 0 aromatic heterocycles. The third-order valence-electron chi connectivity index (χ3n) is 0.599. The van der Waals surface area contributed by atoms with Gasteiger partial charge in [0.25, 0.3) is 0 Å². The molecule has 0 aliphatic heterocycles. The maximum atomic E-state index is 10.9. The zero-order chi connectivity index (χ0) is 10.9. The molecule has 0 radical (unpaired) electrons. The van der Waals surface area contributed by atoms with Crippen LogP contribution in [0, 0.1) is 0 Å². The molecule has 1 unspecified atom stereocenters. The fourth-order valence-corrected chi connectivity index (χ4v) is 4.77. The Bertz CT molecular complexity index is 263. The van der Waals surface area contributed by atoms with Crippen molar-refractivity contribution in [3.05, 3.63) is 0 Å². The van der Waals surface area contributed by atoms with Crippen LogP contribution in [0.3, 0.4) is 0 Å². The highest BCUT2D eigenvalue weighted by Crippen LogP contribution is 2.58. The van der Waals surface area contributed by atoms with Crippen LogP contribution in [0.1, 0.15) is 0 Å². The van der Waals surface area contributed by atoms with Crippen LogP contribution in [0.4, 0.5) is 0 Å². The van der Waals surface area contributed by atoms with E-state index in [-0.39, 0.29) is 0 Å². The van der Waals surface area contributed by atoms with E-state index in [1.165, 1.54) is 0 Å². The average molecular weight is 250 g/mol. The van der Waals surface area contributed by atoms with Gasteiger partial charge in [-0.1, -0.05) is 0 Å². The van der Waals surface area contributed by atoms with Crippen LogP contribution in [0.15, 0.2) is 0 Å². The van der Waals surface area contributed by atoms with Gasteiger partial charge in [0.05, 0.1) is 0 Å². The molecule has 0 saturated heterocycles. The maximum Gasteiger partial charge on any atom is 0.478 e. The largest absolute Gasteiger partial charge is 0.478 e. The van der Waals surface area contributed by atoms with Crippen LogP contribution in [0.5, 0.6) is 0 Å².